The Balaban J connectivity index is 2.14. The van der Waals surface area contributed by atoms with Crippen molar-refractivity contribution in [2.24, 2.45) is 0 Å². The van der Waals surface area contributed by atoms with Crippen LogP contribution in [0.5, 0.6) is 0 Å². The molecule has 126 valence electrons. The summed E-state index contributed by atoms with van der Waals surface area (Å²) >= 11 is 0. The molecule has 1 aliphatic rings. The van der Waals surface area contributed by atoms with Crippen LogP contribution in [0.4, 0.5) is 11.8 Å². The number of ether oxygens (including phenoxy) is 1. The summed E-state index contributed by atoms with van der Waals surface area (Å²) in [7, 11) is 3.60. The Bertz CT molecular complexity index is 731. The SMILES string of the molecule is CN(C)c1nc(N)nc2c1ncn2C1OC(CO)C(O)[C@@]1(C)O. The largest absolute Gasteiger partial charge is 0.394 e. The molecule has 3 rings (SSSR count). The molecule has 2 aromatic heterocycles. The standard InChI is InChI=1S/C13H20N6O4/c1-13(22)8(21)6(4-20)23-11(13)19-5-15-7-9(18(2)3)16-12(14)17-10(7)19/h5-6,8,11,20-22H,4H2,1-3H3,(H2,14,16,17)/t6?,8?,11?,13-/m1/s1. The Morgan fingerprint density at radius 2 is 2.13 bits per heavy atom. The van der Waals surface area contributed by atoms with Gasteiger partial charge in [0, 0.05) is 14.1 Å². The molecule has 0 aromatic carbocycles. The van der Waals surface area contributed by atoms with Gasteiger partial charge in [0.1, 0.15) is 17.8 Å². The van der Waals surface area contributed by atoms with Crippen LogP contribution in [0.15, 0.2) is 6.33 Å². The van der Waals surface area contributed by atoms with Gasteiger partial charge in [0.15, 0.2) is 23.2 Å². The first-order chi connectivity index (χ1) is 10.8. The van der Waals surface area contributed by atoms with Crippen molar-refractivity contribution in [3.05, 3.63) is 6.33 Å². The van der Waals surface area contributed by atoms with Crippen molar-refractivity contribution in [1.82, 2.24) is 19.5 Å². The minimum atomic E-state index is -1.63. The fourth-order valence-electron chi connectivity index (χ4n) is 2.79. The number of aliphatic hydroxyl groups is 3. The fraction of sp³-hybridized carbons (Fsp3) is 0.615. The molecule has 0 spiro atoms. The first-order valence-corrected chi connectivity index (χ1v) is 7.11. The van der Waals surface area contributed by atoms with E-state index in [1.807, 2.05) is 0 Å². The van der Waals surface area contributed by atoms with Gasteiger partial charge in [0.05, 0.1) is 12.9 Å². The Labute approximate surface area is 132 Å². The summed E-state index contributed by atoms with van der Waals surface area (Å²) in [5.41, 5.74) is 4.99. The molecule has 1 aliphatic heterocycles. The minimum absolute atomic E-state index is 0.0554. The van der Waals surface area contributed by atoms with E-state index in [9.17, 15) is 15.3 Å². The zero-order valence-corrected chi connectivity index (χ0v) is 13.1. The van der Waals surface area contributed by atoms with Crippen molar-refractivity contribution in [2.75, 3.05) is 31.3 Å². The predicted octanol–water partition coefficient (Wildman–Crippen LogP) is -1.52. The average Bonchev–Trinajstić information content (AvgIpc) is 2.98. The van der Waals surface area contributed by atoms with E-state index in [1.165, 1.54) is 17.8 Å². The highest BCUT2D eigenvalue weighted by atomic mass is 16.6. The van der Waals surface area contributed by atoms with Gasteiger partial charge in [-0.2, -0.15) is 9.97 Å². The number of hydrogen-bond donors (Lipinski definition) is 4. The summed E-state index contributed by atoms with van der Waals surface area (Å²) in [6.45, 7) is 1.02. The maximum absolute atomic E-state index is 10.6. The van der Waals surface area contributed by atoms with Crippen molar-refractivity contribution in [2.45, 2.75) is 31.0 Å². The number of nitrogen functional groups attached to an aromatic ring is 1. The molecule has 0 bridgehead atoms. The number of nitrogens with zero attached hydrogens (tertiary/aromatic N) is 5. The second-order valence-electron chi connectivity index (χ2n) is 6.00. The molecule has 1 saturated heterocycles. The highest BCUT2D eigenvalue weighted by Gasteiger charge is 2.53. The van der Waals surface area contributed by atoms with Crippen molar-refractivity contribution in [3.8, 4) is 0 Å². The van der Waals surface area contributed by atoms with Crippen LogP contribution < -0.4 is 10.6 Å². The van der Waals surface area contributed by atoms with E-state index in [-0.39, 0.29) is 5.95 Å². The monoisotopic (exact) mass is 324 g/mol. The lowest BCUT2D eigenvalue weighted by molar-refractivity contribution is -0.0950. The Morgan fingerprint density at radius 1 is 1.43 bits per heavy atom. The van der Waals surface area contributed by atoms with Gasteiger partial charge in [0.2, 0.25) is 5.95 Å². The van der Waals surface area contributed by atoms with Gasteiger partial charge in [-0.25, -0.2) is 4.98 Å². The quantitative estimate of drug-likeness (QED) is 0.529. The van der Waals surface area contributed by atoms with Crippen LogP contribution in [0, 0.1) is 0 Å². The number of imidazole rings is 1. The lowest BCUT2D eigenvalue weighted by atomic mass is 9.96. The van der Waals surface area contributed by atoms with E-state index in [0.29, 0.717) is 17.0 Å². The number of anilines is 2. The first kappa shape index (κ1) is 15.9. The number of aromatic nitrogens is 4. The number of rotatable bonds is 3. The molecular weight excluding hydrogens is 304 g/mol. The van der Waals surface area contributed by atoms with Crippen molar-refractivity contribution >= 4 is 22.9 Å². The number of nitrogens with two attached hydrogens (primary N) is 1. The predicted molar refractivity (Wildman–Crippen MR) is 81.7 cm³/mol. The Morgan fingerprint density at radius 3 is 2.70 bits per heavy atom. The van der Waals surface area contributed by atoms with Gasteiger partial charge >= 0.3 is 0 Å². The van der Waals surface area contributed by atoms with Gasteiger partial charge < -0.3 is 30.7 Å². The van der Waals surface area contributed by atoms with Gasteiger partial charge in [-0.1, -0.05) is 0 Å². The molecule has 10 heteroatoms. The zero-order valence-electron chi connectivity index (χ0n) is 13.1. The third kappa shape index (κ3) is 2.30. The first-order valence-electron chi connectivity index (χ1n) is 7.11. The van der Waals surface area contributed by atoms with Crippen molar-refractivity contribution in [3.63, 3.8) is 0 Å². The summed E-state index contributed by atoms with van der Waals surface area (Å²) in [6.07, 6.45) is -1.68. The van der Waals surface area contributed by atoms with Crippen LogP contribution in [0.3, 0.4) is 0 Å². The van der Waals surface area contributed by atoms with Crippen molar-refractivity contribution < 1.29 is 20.1 Å². The van der Waals surface area contributed by atoms with Crippen molar-refractivity contribution in [1.29, 1.82) is 0 Å². The summed E-state index contributed by atoms with van der Waals surface area (Å²) in [4.78, 5) is 14.3. The van der Waals surface area contributed by atoms with Gasteiger partial charge in [-0.3, -0.25) is 4.57 Å². The summed E-state index contributed by atoms with van der Waals surface area (Å²) < 4.78 is 7.07. The lowest BCUT2D eigenvalue weighted by Crippen LogP contribution is -2.44. The van der Waals surface area contributed by atoms with E-state index in [0.717, 1.165) is 0 Å². The van der Waals surface area contributed by atoms with E-state index in [1.54, 1.807) is 19.0 Å². The molecule has 0 amide bonds. The topological polar surface area (TPSA) is 143 Å². The third-order valence-corrected chi connectivity index (χ3v) is 4.03. The van der Waals surface area contributed by atoms with Gasteiger partial charge in [-0.05, 0) is 6.92 Å². The fourth-order valence-corrected chi connectivity index (χ4v) is 2.79. The molecule has 5 N–H and O–H groups in total. The molecule has 2 aromatic rings. The smallest absolute Gasteiger partial charge is 0.224 e. The molecular formula is C13H20N6O4. The van der Waals surface area contributed by atoms with E-state index >= 15 is 0 Å². The molecule has 10 nitrogen and oxygen atoms in total. The van der Waals surface area contributed by atoms with Gasteiger partial charge in [0.25, 0.3) is 0 Å². The van der Waals surface area contributed by atoms with Gasteiger partial charge in [-0.15, -0.1) is 0 Å². The molecule has 0 radical (unpaired) electrons. The second kappa shape index (κ2) is 5.27. The average molecular weight is 324 g/mol. The summed E-state index contributed by atoms with van der Waals surface area (Å²) in [6, 6.07) is 0. The van der Waals surface area contributed by atoms with Crippen LogP contribution in [-0.4, -0.2) is 73.3 Å². The normalized spacial score (nSPS) is 31.0. The number of hydrogen-bond acceptors (Lipinski definition) is 9. The van der Waals surface area contributed by atoms with Crippen LogP contribution in [-0.2, 0) is 4.74 Å². The van der Waals surface area contributed by atoms with E-state index in [4.69, 9.17) is 10.5 Å². The van der Waals surface area contributed by atoms with E-state index in [2.05, 4.69) is 15.0 Å². The number of aliphatic hydroxyl groups excluding tert-OH is 2. The number of fused-ring (bicyclic) bond motifs is 1. The zero-order chi connectivity index (χ0) is 16.9. The highest BCUT2D eigenvalue weighted by molar-refractivity contribution is 5.84. The third-order valence-electron chi connectivity index (χ3n) is 4.03. The summed E-state index contributed by atoms with van der Waals surface area (Å²) in [5, 5.41) is 30.0. The van der Waals surface area contributed by atoms with Crippen LogP contribution in [0.2, 0.25) is 0 Å². The minimum Gasteiger partial charge on any atom is -0.394 e. The maximum Gasteiger partial charge on any atom is 0.224 e. The maximum atomic E-state index is 10.6. The molecule has 3 unspecified atom stereocenters. The summed E-state index contributed by atoms with van der Waals surface area (Å²) in [5.74, 6) is 0.586. The molecule has 1 fully saturated rings. The Hall–Kier alpha value is -2.01. The molecule has 0 saturated carbocycles. The second-order valence-corrected chi connectivity index (χ2v) is 6.00. The molecule has 23 heavy (non-hydrogen) atoms. The molecule has 4 atom stereocenters. The van der Waals surface area contributed by atoms with Crippen LogP contribution >= 0.6 is 0 Å². The lowest BCUT2D eigenvalue weighted by Gasteiger charge is -2.27. The van der Waals surface area contributed by atoms with E-state index < -0.39 is 30.6 Å². The molecule has 3 heterocycles. The molecule has 0 aliphatic carbocycles. The highest BCUT2D eigenvalue weighted by Crippen LogP contribution is 2.39. The van der Waals surface area contributed by atoms with Crippen LogP contribution in [0.25, 0.3) is 11.2 Å². The van der Waals surface area contributed by atoms with Crippen LogP contribution in [0.1, 0.15) is 13.2 Å². The Kier molecular flexibility index (Phi) is 3.64.